The second kappa shape index (κ2) is 3.86. The molecule has 0 unspecified atom stereocenters. The lowest BCUT2D eigenvalue weighted by Gasteiger charge is -2.38. The van der Waals surface area contributed by atoms with Crippen LogP contribution in [0.3, 0.4) is 0 Å². The maximum absolute atomic E-state index is 11.9. The van der Waals surface area contributed by atoms with Crippen LogP contribution in [0.25, 0.3) is 0 Å². The third-order valence-electron chi connectivity index (χ3n) is 5.72. The monoisotopic (exact) mass is 236 g/mol. The van der Waals surface area contributed by atoms with Crippen LogP contribution in [0.5, 0.6) is 0 Å². The van der Waals surface area contributed by atoms with Crippen molar-refractivity contribution >= 4 is 5.97 Å². The van der Waals surface area contributed by atoms with Crippen LogP contribution in [0.4, 0.5) is 0 Å². The fourth-order valence-electron chi connectivity index (χ4n) is 3.65. The van der Waals surface area contributed by atoms with Gasteiger partial charge in [0.2, 0.25) is 0 Å². The summed E-state index contributed by atoms with van der Waals surface area (Å²) in [5.74, 6) is 0.582. The van der Waals surface area contributed by atoms with E-state index in [0.717, 1.165) is 12.3 Å². The van der Waals surface area contributed by atoms with Gasteiger partial charge in [0, 0.05) is 11.0 Å². The predicted octanol–water partition coefficient (Wildman–Crippen LogP) is 3.71. The summed E-state index contributed by atoms with van der Waals surface area (Å²) in [7, 11) is 0. The highest BCUT2D eigenvalue weighted by molar-refractivity contribution is 5.87. The van der Waals surface area contributed by atoms with Crippen LogP contribution in [0.15, 0.2) is 11.6 Å². The van der Waals surface area contributed by atoms with Crippen LogP contribution in [-0.2, 0) is 9.53 Å². The van der Waals surface area contributed by atoms with Crippen molar-refractivity contribution < 1.29 is 9.53 Å². The second-order valence-corrected chi connectivity index (χ2v) is 6.48. The maximum Gasteiger partial charge on any atom is 0.333 e. The zero-order valence-corrected chi connectivity index (χ0v) is 11.7. The maximum atomic E-state index is 11.9. The number of allylic oxidation sites excluding steroid dienone is 1. The highest BCUT2D eigenvalue weighted by Gasteiger charge is 2.62. The van der Waals surface area contributed by atoms with Gasteiger partial charge in [-0.15, -0.1) is 0 Å². The van der Waals surface area contributed by atoms with Crippen molar-refractivity contribution in [3.8, 4) is 0 Å². The molecule has 3 atom stereocenters. The molecule has 2 rings (SSSR count). The molecule has 0 spiro atoms. The van der Waals surface area contributed by atoms with Gasteiger partial charge in [-0.05, 0) is 44.4 Å². The number of hydrogen-bond donors (Lipinski definition) is 0. The van der Waals surface area contributed by atoms with Crippen molar-refractivity contribution in [2.45, 2.75) is 60.0 Å². The summed E-state index contributed by atoms with van der Waals surface area (Å²) in [5, 5.41) is 0. The van der Waals surface area contributed by atoms with Gasteiger partial charge in [-0.2, -0.15) is 0 Å². The molecule has 0 radical (unpaired) electrons. The molecule has 0 amide bonds. The van der Waals surface area contributed by atoms with Crippen molar-refractivity contribution in [1.29, 1.82) is 0 Å². The van der Waals surface area contributed by atoms with Gasteiger partial charge in [0.25, 0.3) is 0 Å². The number of hydrogen-bond acceptors (Lipinski definition) is 2. The molecule has 96 valence electrons. The molecule has 0 aliphatic heterocycles. The zero-order chi connectivity index (χ0) is 12.8. The third kappa shape index (κ3) is 1.64. The highest BCUT2D eigenvalue weighted by Crippen LogP contribution is 2.66. The van der Waals surface area contributed by atoms with Gasteiger partial charge in [0.15, 0.2) is 0 Å². The Balaban J connectivity index is 2.14. The average molecular weight is 236 g/mol. The Morgan fingerprint density at radius 1 is 1.35 bits per heavy atom. The number of carbonyl (C=O) groups is 1. The van der Waals surface area contributed by atoms with E-state index in [1.54, 1.807) is 0 Å². The fraction of sp³-hybridized carbons (Fsp3) is 0.800. The summed E-state index contributed by atoms with van der Waals surface area (Å²) in [6, 6.07) is 0. The molecule has 0 aromatic heterocycles. The van der Waals surface area contributed by atoms with E-state index in [-0.39, 0.29) is 17.5 Å². The molecule has 2 aliphatic carbocycles. The van der Waals surface area contributed by atoms with Crippen molar-refractivity contribution in [2.75, 3.05) is 0 Å². The fourth-order valence-corrected chi connectivity index (χ4v) is 3.65. The molecule has 0 saturated heterocycles. The molecule has 2 heteroatoms. The standard InChI is InChI=1S/C15H24O2/c1-6-10(2)13(16)17-12-9-11-7-8-15(12,5)14(11,3)4/h6,11-12H,7-9H2,1-5H3/b10-6-/t11-,12+,15+/m0/s1. The van der Waals surface area contributed by atoms with Crippen LogP contribution in [-0.4, -0.2) is 12.1 Å². The van der Waals surface area contributed by atoms with E-state index in [4.69, 9.17) is 4.74 Å². The van der Waals surface area contributed by atoms with Gasteiger partial charge in [-0.3, -0.25) is 0 Å². The minimum Gasteiger partial charge on any atom is -0.458 e. The van der Waals surface area contributed by atoms with E-state index in [1.807, 2.05) is 19.9 Å². The average Bonchev–Trinajstić information content (AvgIpc) is 2.60. The van der Waals surface area contributed by atoms with Gasteiger partial charge in [-0.25, -0.2) is 4.79 Å². The zero-order valence-electron chi connectivity index (χ0n) is 11.7. The molecule has 2 bridgehead atoms. The van der Waals surface area contributed by atoms with E-state index in [0.29, 0.717) is 11.0 Å². The molecule has 0 aromatic carbocycles. The van der Waals surface area contributed by atoms with Gasteiger partial charge < -0.3 is 4.74 Å². The number of carbonyl (C=O) groups excluding carboxylic acids is 1. The molecule has 0 aromatic rings. The Morgan fingerprint density at radius 3 is 2.41 bits per heavy atom. The summed E-state index contributed by atoms with van der Waals surface area (Å²) in [4.78, 5) is 11.9. The Kier molecular flexibility index (Phi) is 2.87. The minimum atomic E-state index is -0.137. The second-order valence-electron chi connectivity index (χ2n) is 6.48. The molecule has 17 heavy (non-hydrogen) atoms. The summed E-state index contributed by atoms with van der Waals surface area (Å²) in [6.07, 6.45) is 5.46. The molecule has 0 heterocycles. The Morgan fingerprint density at radius 2 is 2.00 bits per heavy atom. The Hall–Kier alpha value is -0.790. The first-order valence-electron chi connectivity index (χ1n) is 6.67. The molecular weight excluding hydrogens is 212 g/mol. The van der Waals surface area contributed by atoms with E-state index in [1.165, 1.54) is 12.8 Å². The minimum absolute atomic E-state index is 0.110. The highest BCUT2D eigenvalue weighted by atomic mass is 16.5. The molecule has 2 aliphatic rings. The van der Waals surface area contributed by atoms with Crippen molar-refractivity contribution in [2.24, 2.45) is 16.7 Å². The number of rotatable bonds is 2. The van der Waals surface area contributed by atoms with Crippen molar-refractivity contribution in [1.82, 2.24) is 0 Å². The summed E-state index contributed by atoms with van der Waals surface area (Å²) in [6.45, 7) is 10.7. The first-order valence-corrected chi connectivity index (χ1v) is 6.67. The topological polar surface area (TPSA) is 26.3 Å². The first kappa shape index (κ1) is 12.7. The normalized spacial score (nSPS) is 39.5. The summed E-state index contributed by atoms with van der Waals surface area (Å²) >= 11 is 0. The van der Waals surface area contributed by atoms with Gasteiger partial charge in [0.05, 0.1) is 0 Å². The summed E-state index contributed by atoms with van der Waals surface area (Å²) < 4.78 is 5.73. The molecular formula is C15H24O2. The molecule has 0 N–H and O–H groups in total. The lowest BCUT2D eigenvalue weighted by Crippen LogP contribution is -2.38. The SMILES string of the molecule is C/C=C(/C)C(=O)O[C@@H]1C[C@@H]2CC[C@@]1(C)C2(C)C. The Bertz CT molecular complexity index is 367. The molecule has 2 saturated carbocycles. The van der Waals surface area contributed by atoms with Crippen LogP contribution in [0, 0.1) is 16.7 Å². The summed E-state index contributed by atoms with van der Waals surface area (Å²) in [5.41, 5.74) is 1.19. The van der Waals surface area contributed by atoms with E-state index >= 15 is 0 Å². The lowest BCUT2D eigenvalue weighted by molar-refractivity contribution is -0.151. The molecule has 2 fully saturated rings. The van der Waals surface area contributed by atoms with Gasteiger partial charge >= 0.3 is 5.97 Å². The van der Waals surface area contributed by atoms with Crippen LogP contribution in [0.1, 0.15) is 53.9 Å². The van der Waals surface area contributed by atoms with Crippen molar-refractivity contribution in [3.63, 3.8) is 0 Å². The molecule has 2 nitrogen and oxygen atoms in total. The van der Waals surface area contributed by atoms with E-state index < -0.39 is 0 Å². The number of esters is 1. The van der Waals surface area contributed by atoms with Crippen LogP contribution in [0.2, 0.25) is 0 Å². The van der Waals surface area contributed by atoms with Crippen LogP contribution >= 0.6 is 0 Å². The van der Waals surface area contributed by atoms with Crippen LogP contribution < -0.4 is 0 Å². The van der Waals surface area contributed by atoms with Crippen molar-refractivity contribution in [3.05, 3.63) is 11.6 Å². The first-order chi connectivity index (χ1) is 7.83. The van der Waals surface area contributed by atoms with Gasteiger partial charge in [-0.1, -0.05) is 26.8 Å². The number of ether oxygens (including phenoxy) is 1. The predicted molar refractivity (Wildman–Crippen MR) is 68.5 cm³/mol. The van der Waals surface area contributed by atoms with E-state index in [2.05, 4.69) is 20.8 Å². The van der Waals surface area contributed by atoms with Gasteiger partial charge in [0.1, 0.15) is 6.10 Å². The lowest BCUT2D eigenvalue weighted by atomic mass is 9.70. The number of fused-ring (bicyclic) bond motifs is 2. The Labute approximate surface area is 104 Å². The van der Waals surface area contributed by atoms with E-state index in [9.17, 15) is 4.79 Å². The smallest absolute Gasteiger partial charge is 0.333 e. The third-order valence-corrected chi connectivity index (χ3v) is 5.72. The quantitative estimate of drug-likeness (QED) is 0.539. The largest absolute Gasteiger partial charge is 0.458 e.